The van der Waals surface area contributed by atoms with Gasteiger partial charge in [-0.3, -0.25) is 9.78 Å². The van der Waals surface area contributed by atoms with Crippen molar-refractivity contribution in [2.75, 3.05) is 6.54 Å². The van der Waals surface area contributed by atoms with Gasteiger partial charge in [0.15, 0.2) is 0 Å². The SMILES string of the molecule is O=C(NCCc1ccncc1)C12CC3CC(C1)CC(c1ccccc1)(C3)C2. The van der Waals surface area contributed by atoms with Gasteiger partial charge in [-0.2, -0.15) is 0 Å². The van der Waals surface area contributed by atoms with Crippen LogP contribution in [-0.4, -0.2) is 17.4 Å². The Hall–Kier alpha value is -2.16. The molecule has 1 heterocycles. The lowest BCUT2D eigenvalue weighted by Gasteiger charge is -2.61. The molecule has 0 radical (unpaired) electrons. The molecule has 4 saturated carbocycles. The summed E-state index contributed by atoms with van der Waals surface area (Å²) < 4.78 is 0. The Morgan fingerprint density at radius 3 is 2.41 bits per heavy atom. The van der Waals surface area contributed by atoms with Gasteiger partial charge < -0.3 is 5.32 Å². The summed E-state index contributed by atoms with van der Waals surface area (Å²) in [4.78, 5) is 17.4. The molecule has 0 saturated heterocycles. The highest BCUT2D eigenvalue weighted by atomic mass is 16.2. The Labute approximate surface area is 161 Å². The van der Waals surface area contributed by atoms with Crippen molar-refractivity contribution in [1.29, 1.82) is 0 Å². The molecule has 2 unspecified atom stereocenters. The van der Waals surface area contributed by atoms with E-state index in [1.807, 2.05) is 24.5 Å². The van der Waals surface area contributed by atoms with Crippen molar-refractivity contribution in [3.63, 3.8) is 0 Å². The predicted octanol–water partition coefficient (Wildman–Crippen LogP) is 4.28. The largest absolute Gasteiger partial charge is 0.355 e. The number of benzene rings is 1. The summed E-state index contributed by atoms with van der Waals surface area (Å²) in [7, 11) is 0. The maximum Gasteiger partial charge on any atom is 0.226 e. The smallest absolute Gasteiger partial charge is 0.226 e. The first-order chi connectivity index (χ1) is 13.2. The molecule has 1 N–H and O–H groups in total. The zero-order chi connectivity index (χ0) is 18.3. The summed E-state index contributed by atoms with van der Waals surface area (Å²) >= 11 is 0. The van der Waals surface area contributed by atoms with Gasteiger partial charge in [-0.1, -0.05) is 30.3 Å². The molecule has 3 nitrogen and oxygen atoms in total. The lowest BCUT2D eigenvalue weighted by molar-refractivity contribution is -0.149. The molecule has 3 heteroatoms. The Bertz CT molecular complexity index is 803. The van der Waals surface area contributed by atoms with Crippen LogP contribution in [0.4, 0.5) is 0 Å². The Balaban J connectivity index is 1.34. The monoisotopic (exact) mass is 360 g/mol. The summed E-state index contributed by atoms with van der Waals surface area (Å²) in [6.07, 6.45) is 11.6. The maximum atomic E-state index is 13.3. The minimum Gasteiger partial charge on any atom is -0.355 e. The van der Waals surface area contributed by atoms with Gasteiger partial charge in [0.05, 0.1) is 5.41 Å². The molecule has 1 aromatic heterocycles. The fraction of sp³-hybridized carbons (Fsp3) is 0.500. The van der Waals surface area contributed by atoms with Gasteiger partial charge in [-0.25, -0.2) is 0 Å². The number of rotatable bonds is 5. The number of hydrogen-bond donors (Lipinski definition) is 1. The molecule has 4 aliphatic carbocycles. The predicted molar refractivity (Wildman–Crippen MR) is 106 cm³/mol. The van der Waals surface area contributed by atoms with Crippen molar-refractivity contribution in [3.8, 4) is 0 Å². The average Bonchev–Trinajstić information content (AvgIpc) is 2.68. The third-order valence-corrected chi connectivity index (χ3v) is 7.38. The van der Waals surface area contributed by atoms with Crippen LogP contribution < -0.4 is 5.32 Å². The third-order valence-electron chi connectivity index (χ3n) is 7.38. The second-order valence-corrected chi connectivity index (χ2v) is 9.25. The fourth-order valence-electron chi connectivity index (χ4n) is 6.71. The summed E-state index contributed by atoms with van der Waals surface area (Å²) in [6, 6.07) is 15.1. The molecule has 2 atom stereocenters. The topological polar surface area (TPSA) is 42.0 Å². The molecule has 4 fully saturated rings. The van der Waals surface area contributed by atoms with Crippen molar-refractivity contribution >= 4 is 5.91 Å². The molecule has 0 aliphatic heterocycles. The minimum absolute atomic E-state index is 0.141. The van der Waals surface area contributed by atoms with E-state index in [2.05, 4.69) is 40.6 Å². The summed E-state index contributed by atoms with van der Waals surface area (Å²) in [5, 5.41) is 3.30. The van der Waals surface area contributed by atoms with E-state index in [1.165, 1.54) is 30.4 Å². The van der Waals surface area contributed by atoms with E-state index in [4.69, 9.17) is 0 Å². The van der Waals surface area contributed by atoms with Crippen LogP contribution in [0.1, 0.15) is 49.7 Å². The average molecular weight is 361 g/mol. The number of aromatic nitrogens is 1. The lowest BCUT2D eigenvalue weighted by Crippen LogP contribution is -2.59. The molecule has 0 spiro atoms. The van der Waals surface area contributed by atoms with Crippen LogP contribution >= 0.6 is 0 Å². The summed E-state index contributed by atoms with van der Waals surface area (Å²) in [5.41, 5.74) is 2.79. The number of carbonyl (C=O) groups is 1. The van der Waals surface area contributed by atoms with Crippen molar-refractivity contribution in [2.45, 2.75) is 50.4 Å². The molecule has 4 bridgehead atoms. The van der Waals surface area contributed by atoms with Gasteiger partial charge in [-0.05, 0) is 85.5 Å². The van der Waals surface area contributed by atoms with Crippen LogP contribution in [0, 0.1) is 17.3 Å². The van der Waals surface area contributed by atoms with Crippen LogP contribution in [0.2, 0.25) is 0 Å². The number of carbonyl (C=O) groups excluding carboxylic acids is 1. The zero-order valence-electron chi connectivity index (χ0n) is 15.9. The zero-order valence-corrected chi connectivity index (χ0v) is 15.9. The van der Waals surface area contributed by atoms with E-state index in [9.17, 15) is 4.79 Å². The third kappa shape index (κ3) is 2.97. The molecule has 2 aromatic rings. The number of pyridine rings is 1. The molecule has 27 heavy (non-hydrogen) atoms. The number of nitrogens with one attached hydrogen (secondary N) is 1. The van der Waals surface area contributed by atoms with Crippen molar-refractivity contribution in [2.24, 2.45) is 17.3 Å². The van der Waals surface area contributed by atoms with Gasteiger partial charge in [-0.15, -0.1) is 0 Å². The van der Waals surface area contributed by atoms with Crippen molar-refractivity contribution in [3.05, 3.63) is 66.0 Å². The molecular formula is C24H28N2O. The molecule has 140 valence electrons. The van der Waals surface area contributed by atoms with E-state index in [0.717, 1.165) is 44.1 Å². The van der Waals surface area contributed by atoms with Gasteiger partial charge in [0, 0.05) is 18.9 Å². The highest BCUT2D eigenvalue weighted by molar-refractivity contribution is 5.83. The Morgan fingerprint density at radius 2 is 1.70 bits per heavy atom. The standard InChI is InChI=1S/C24H28N2O/c27-22(26-11-8-18-6-9-25-10-7-18)24-15-19-12-20(16-24)14-23(13-19,17-24)21-4-2-1-3-5-21/h1-7,9-10,19-20H,8,11-17H2,(H,26,27). The van der Waals surface area contributed by atoms with Gasteiger partial charge in [0.1, 0.15) is 0 Å². The van der Waals surface area contributed by atoms with E-state index < -0.39 is 0 Å². The highest BCUT2D eigenvalue weighted by Gasteiger charge is 2.60. The lowest BCUT2D eigenvalue weighted by atomic mass is 9.42. The molecule has 6 rings (SSSR count). The van der Waals surface area contributed by atoms with Crippen molar-refractivity contribution < 1.29 is 4.79 Å². The number of hydrogen-bond acceptors (Lipinski definition) is 2. The second kappa shape index (κ2) is 6.47. The number of amides is 1. The quantitative estimate of drug-likeness (QED) is 0.865. The number of nitrogens with zero attached hydrogens (tertiary/aromatic N) is 1. The van der Waals surface area contributed by atoms with E-state index >= 15 is 0 Å². The van der Waals surface area contributed by atoms with Crippen LogP contribution in [0.3, 0.4) is 0 Å². The highest BCUT2D eigenvalue weighted by Crippen LogP contribution is 2.65. The summed E-state index contributed by atoms with van der Waals surface area (Å²) in [6.45, 7) is 0.721. The molecule has 4 aliphatic rings. The summed E-state index contributed by atoms with van der Waals surface area (Å²) in [5.74, 6) is 1.75. The molecule has 1 aromatic carbocycles. The maximum absolute atomic E-state index is 13.3. The normalized spacial score (nSPS) is 33.8. The fourth-order valence-corrected chi connectivity index (χ4v) is 6.71. The van der Waals surface area contributed by atoms with E-state index in [-0.39, 0.29) is 10.8 Å². The van der Waals surface area contributed by atoms with E-state index in [1.54, 1.807) is 0 Å². The van der Waals surface area contributed by atoms with Crippen LogP contribution in [0.5, 0.6) is 0 Å². The van der Waals surface area contributed by atoms with Crippen LogP contribution in [0.25, 0.3) is 0 Å². The Kier molecular flexibility index (Phi) is 4.07. The van der Waals surface area contributed by atoms with Gasteiger partial charge in [0.25, 0.3) is 0 Å². The van der Waals surface area contributed by atoms with Gasteiger partial charge in [0.2, 0.25) is 5.91 Å². The van der Waals surface area contributed by atoms with Crippen molar-refractivity contribution in [1.82, 2.24) is 10.3 Å². The first-order valence-electron chi connectivity index (χ1n) is 10.4. The second-order valence-electron chi connectivity index (χ2n) is 9.25. The Morgan fingerprint density at radius 1 is 1.00 bits per heavy atom. The first kappa shape index (κ1) is 17.0. The van der Waals surface area contributed by atoms with E-state index in [0.29, 0.717) is 5.91 Å². The van der Waals surface area contributed by atoms with Gasteiger partial charge >= 0.3 is 0 Å². The molecule has 1 amide bonds. The van der Waals surface area contributed by atoms with Crippen LogP contribution in [-0.2, 0) is 16.6 Å². The minimum atomic E-state index is -0.141. The molecular weight excluding hydrogens is 332 g/mol. The van der Waals surface area contributed by atoms with Crippen LogP contribution in [0.15, 0.2) is 54.9 Å². The first-order valence-corrected chi connectivity index (χ1v) is 10.4.